The molecule has 4 saturated carbocycles. The van der Waals surface area contributed by atoms with Gasteiger partial charge in [-0.2, -0.15) is 0 Å². The zero-order valence-corrected chi connectivity index (χ0v) is 25.2. The number of methoxy groups -OCH3 is 1. The summed E-state index contributed by atoms with van der Waals surface area (Å²) in [4.78, 5) is 26.4. The minimum Gasteiger partial charge on any atom is -0.465 e. The summed E-state index contributed by atoms with van der Waals surface area (Å²) in [7, 11) is 1.40. The van der Waals surface area contributed by atoms with Crippen molar-refractivity contribution in [2.45, 2.75) is 98.4 Å². The molecular formula is C35H49NO3. The van der Waals surface area contributed by atoms with E-state index in [9.17, 15) is 9.59 Å². The lowest BCUT2D eigenvalue weighted by Gasteiger charge is -2.71. The van der Waals surface area contributed by atoms with Crippen molar-refractivity contribution < 1.29 is 14.3 Å². The molecule has 0 heterocycles. The Morgan fingerprint density at radius 1 is 0.872 bits per heavy atom. The molecule has 0 aromatic heterocycles. The molecular weight excluding hydrogens is 482 g/mol. The number of carbonyl (C=O) groups excluding carboxylic acids is 2. The van der Waals surface area contributed by atoms with Crippen LogP contribution >= 0.6 is 0 Å². The second-order valence-corrected chi connectivity index (χ2v) is 15.4. The Balaban J connectivity index is 1.38. The van der Waals surface area contributed by atoms with Crippen LogP contribution < -0.4 is 5.73 Å². The molecule has 4 fully saturated rings. The average Bonchev–Trinajstić information content (AvgIpc) is 3.21. The first kappa shape index (κ1) is 27.2. The highest BCUT2D eigenvalue weighted by molar-refractivity contribution is 6.04. The minimum absolute atomic E-state index is 0.0254. The summed E-state index contributed by atoms with van der Waals surface area (Å²) in [6.45, 7) is 14.6. The molecule has 9 atom stereocenters. The van der Waals surface area contributed by atoms with Crippen molar-refractivity contribution in [2.75, 3.05) is 7.11 Å². The topological polar surface area (TPSA) is 69.4 Å². The summed E-state index contributed by atoms with van der Waals surface area (Å²) < 4.78 is 4.89. The third kappa shape index (κ3) is 3.39. The summed E-state index contributed by atoms with van der Waals surface area (Å²) in [6, 6.07) is 7.61. The van der Waals surface area contributed by atoms with E-state index < -0.39 is 0 Å². The maximum atomic E-state index is 14.4. The van der Waals surface area contributed by atoms with Gasteiger partial charge >= 0.3 is 5.97 Å². The van der Waals surface area contributed by atoms with Crippen molar-refractivity contribution in [1.82, 2.24) is 0 Å². The van der Waals surface area contributed by atoms with Crippen LogP contribution in [0.5, 0.6) is 0 Å². The van der Waals surface area contributed by atoms with Crippen molar-refractivity contribution >= 4 is 17.3 Å². The zero-order chi connectivity index (χ0) is 28.2. The number of esters is 1. The highest BCUT2D eigenvalue weighted by Crippen LogP contribution is 2.75. The van der Waals surface area contributed by atoms with Crippen LogP contribution in [0.3, 0.4) is 0 Å². The molecule has 39 heavy (non-hydrogen) atoms. The molecule has 0 spiro atoms. The van der Waals surface area contributed by atoms with Crippen LogP contribution in [0.2, 0.25) is 0 Å². The second kappa shape index (κ2) is 8.54. The third-order valence-corrected chi connectivity index (χ3v) is 13.9. The number of hydrogen-bond acceptors (Lipinski definition) is 4. The van der Waals surface area contributed by atoms with E-state index in [-0.39, 0.29) is 33.2 Å². The summed E-state index contributed by atoms with van der Waals surface area (Å²) in [5.74, 6) is 2.66. The number of rotatable bonds is 2. The summed E-state index contributed by atoms with van der Waals surface area (Å²) in [5.41, 5.74) is 9.71. The fourth-order valence-corrected chi connectivity index (χ4v) is 11.7. The number of fused-ring (bicyclic) bond motifs is 7. The first-order valence-electron chi connectivity index (χ1n) is 15.5. The Bertz CT molecular complexity index is 1230. The summed E-state index contributed by atoms with van der Waals surface area (Å²) in [6.07, 6.45) is 11.4. The predicted molar refractivity (Wildman–Crippen MR) is 156 cm³/mol. The second-order valence-electron chi connectivity index (χ2n) is 15.4. The van der Waals surface area contributed by atoms with Crippen LogP contribution in [0.4, 0.5) is 0 Å². The van der Waals surface area contributed by atoms with E-state index in [4.69, 9.17) is 10.5 Å². The summed E-state index contributed by atoms with van der Waals surface area (Å²) in [5, 5.41) is 0. The molecule has 0 aliphatic heterocycles. The number of allylic oxidation sites excluding steroid dienone is 2. The Labute approximate surface area is 235 Å². The highest BCUT2D eigenvalue weighted by atomic mass is 16.5. The van der Waals surface area contributed by atoms with E-state index in [0.29, 0.717) is 40.9 Å². The van der Waals surface area contributed by atoms with Gasteiger partial charge in [-0.15, -0.1) is 0 Å². The number of benzene rings is 1. The van der Waals surface area contributed by atoms with Gasteiger partial charge in [0.15, 0.2) is 5.78 Å². The van der Waals surface area contributed by atoms with Gasteiger partial charge in [-0.05, 0) is 127 Å². The molecule has 4 heteroatoms. The molecule has 2 N–H and O–H groups in total. The van der Waals surface area contributed by atoms with Gasteiger partial charge in [0, 0.05) is 11.0 Å². The molecule has 6 rings (SSSR count). The van der Waals surface area contributed by atoms with Gasteiger partial charge in [0.1, 0.15) is 0 Å². The Morgan fingerprint density at radius 3 is 2.23 bits per heavy atom. The normalized spacial score (nSPS) is 46.3. The van der Waals surface area contributed by atoms with E-state index in [1.165, 1.54) is 39.2 Å². The SMILES string of the molecule is COC(=O)c1ccc(C2=CC(=O)[C@@]3(C)C(CC[C@]4(C)C3CC[C@@H]3C5[C@H](C)CC[C@]5(N)CC[C@]34C)C2(C)C)cc1. The van der Waals surface area contributed by atoms with Crippen molar-refractivity contribution in [1.29, 1.82) is 0 Å². The van der Waals surface area contributed by atoms with Crippen LogP contribution in [0.25, 0.3) is 5.57 Å². The minimum atomic E-state index is -0.363. The van der Waals surface area contributed by atoms with Crippen molar-refractivity contribution in [3.63, 3.8) is 0 Å². The van der Waals surface area contributed by atoms with Gasteiger partial charge in [0.25, 0.3) is 0 Å². The monoisotopic (exact) mass is 531 g/mol. The number of ketones is 1. The third-order valence-electron chi connectivity index (χ3n) is 13.9. The molecule has 5 aliphatic carbocycles. The highest BCUT2D eigenvalue weighted by Gasteiger charge is 2.71. The lowest BCUT2D eigenvalue weighted by molar-refractivity contribution is -0.215. The Kier molecular flexibility index (Phi) is 5.96. The molecule has 0 saturated heterocycles. The van der Waals surface area contributed by atoms with E-state index in [0.717, 1.165) is 30.4 Å². The number of carbonyl (C=O) groups is 2. The largest absolute Gasteiger partial charge is 0.465 e. The number of ether oxygens (including phenoxy) is 1. The fraction of sp³-hybridized carbons (Fsp3) is 0.714. The first-order valence-corrected chi connectivity index (χ1v) is 15.5. The van der Waals surface area contributed by atoms with Crippen molar-refractivity contribution in [2.24, 2.45) is 57.0 Å². The van der Waals surface area contributed by atoms with Gasteiger partial charge in [-0.3, -0.25) is 4.79 Å². The van der Waals surface area contributed by atoms with Gasteiger partial charge in [-0.1, -0.05) is 53.7 Å². The van der Waals surface area contributed by atoms with E-state index >= 15 is 0 Å². The van der Waals surface area contributed by atoms with Gasteiger partial charge in [0.05, 0.1) is 12.7 Å². The standard InChI is InChI=1S/C35H49NO3/c1-21-14-17-35(36)19-18-32(4)24(29(21)35)12-13-27-33(32,5)16-15-26-31(2,3)25(20-28(37)34(26,27)6)22-8-10-23(11-9-22)30(38)39-7/h8-11,20-21,24,26-27,29H,12-19,36H2,1-7H3/t21-,24-,26?,27?,29?,32-,33-,34+,35+/m1/s1. The quantitative estimate of drug-likeness (QED) is 0.402. The molecule has 0 bridgehead atoms. The maximum Gasteiger partial charge on any atom is 0.337 e. The number of nitrogens with two attached hydrogens (primary N) is 1. The predicted octanol–water partition coefficient (Wildman–Crippen LogP) is 7.46. The molecule has 212 valence electrons. The smallest absolute Gasteiger partial charge is 0.337 e. The van der Waals surface area contributed by atoms with Crippen LogP contribution in [0, 0.1) is 51.2 Å². The van der Waals surface area contributed by atoms with Crippen LogP contribution in [0.1, 0.15) is 109 Å². The lowest BCUT2D eigenvalue weighted by atomic mass is 9.33. The van der Waals surface area contributed by atoms with E-state index in [1.807, 2.05) is 30.3 Å². The van der Waals surface area contributed by atoms with Crippen LogP contribution in [-0.4, -0.2) is 24.4 Å². The van der Waals surface area contributed by atoms with Crippen molar-refractivity contribution in [3.05, 3.63) is 41.5 Å². The number of hydrogen-bond donors (Lipinski definition) is 1. The van der Waals surface area contributed by atoms with Gasteiger partial charge in [-0.25, -0.2) is 4.79 Å². The van der Waals surface area contributed by atoms with Gasteiger partial charge < -0.3 is 10.5 Å². The lowest BCUT2D eigenvalue weighted by Crippen LogP contribution is -2.68. The fourth-order valence-electron chi connectivity index (χ4n) is 11.7. The molecule has 1 aromatic carbocycles. The van der Waals surface area contributed by atoms with Crippen LogP contribution in [0.15, 0.2) is 30.3 Å². The molecule has 1 aromatic rings. The molecule has 0 radical (unpaired) electrons. The molecule has 5 aliphatic rings. The van der Waals surface area contributed by atoms with Crippen molar-refractivity contribution in [3.8, 4) is 0 Å². The zero-order valence-electron chi connectivity index (χ0n) is 25.2. The Morgan fingerprint density at radius 2 is 1.56 bits per heavy atom. The Hall–Kier alpha value is -1.94. The molecule has 0 amide bonds. The van der Waals surface area contributed by atoms with Crippen LogP contribution in [-0.2, 0) is 9.53 Å². The summed E-state index contributed by atoms with van der Waals surface area (Å²) >= 11 is 0. The van der Waals surface area contributed by atoms with E-state index in [1.54, 1.807) is 0 Å². The van der Waals surface area contributed by atoms with E-state index in [2.05, 4.69) is 41.5 Å². The molecule has 3 unspecified atom stereocenters. The maximum absolute atomic E-state index is 14.4. The molecule has 4 nitrogen and oxygen atoms in total. The first-order chi connectivity index (χ1) is 18.2. The average molecular weight is 532 g/mol. The van der Waals surface area contributed by atoms with Gasteiger partial charge in [0.2, 0.25) is 0 Å².